The van der Waals surface area contributed by atoms with Gasteiger partial charge in [-0.15, -0.1) is 0 Å². The molecule has 26 heavy (non-hydrogen) atoms. The van der Waals surface area contributed by atoms with Crippen LogP contribution in [0.5, 0.6) is 0 Å². The average Bonchev–Trinajstić information content (AvgIpc) is 2.81. The molecule has 1 amide bonds. The van der Waals surface area contributed by atoms with E-state index in [2.05, 4.69) is 4.72 Å². The molecule has 1 aliphatic heterocycles. The first kappa shape index (κ1) is 18.5. The normalized spacial score (nSPS) is 13.8. The van der Waals surface area contributed by atoms with Crippen LogP contribution in [0.25, 0.3) is 5.57 Å². The fourth-order valence-corrected chi connectivity index (χ4v) is 4.28. The number of halogens is 1. The van der Waals surface area contributed by atoms with Gasteiger partial charge in [0, 0.05) is 23.2 Å². The Bertz CT molecular complexity index is 1050. The minimum Gasteiger partial charge on any atom is -0.311 e. The lowest BCUT2D eigenvalue weighted by atomic mass is 10.0. The van der Waals surface area contributed by atoms with Crippen LogP contribution in [-0.2, 0) is 14.8 Å². The lowest BCUT2D eigenvalue weighted by molar-refractivity contribution is -0.112. The van der Waals surface area contributed by atoms with Gasteiger partial charge >= 0.3 is 0 Å². The number of likely N-dealkylation sites (N-methyl/N-ethyl adjacent to an activating group) is 1. The van der Waals surface area contributed by atoms with Crippen molar-refractivity contribution < 1.29 is 13.2 Å². The zero-order chi connectivity index (χ0) is 19.2. The van der Waals surface area contributed by atoms with Gasteiger partial charge in [0.05, 0.1) is 16.3 Å². The molecule has 0 radical (unpaired) electrons. The monoisotopic (exact) mass is 390 g/mol. The van der Waals surface area contributed by atoms with E-state index in [0.717, 1.165) is 11.1 Å². The van der Waals surface area contributed by atoms with Crippen LogP contribution in [0.15, 0.2) is 46.9 Å². The third-order valence-electron chi connectivity index (χ3n) is 4.37. The first-order valence-electron chi connectivity index (χ1n) is 8.01. The number of hydrogen-bond acceptors (Lipinski definition) is 3. The van der Waals surface area contributed by atoms with Crippen LogP contribution in [-0.4, -0.2) is 21.4 Å². The van der Waals surface area contributed by atoms with E-state index < -0.39 is 10.0 Å². The third-order valence-corrected chi connectivity index (χ3v) is 5.97. The van der Waals surface area contributed by atoms with Crippen LogP contribution >= 0.6 is 11.6 Å². The second-order valence-corrected chi connectivity index (χ2v) is 8.60. The Balaban J connectivity index is 2.07. The number of benzene rings is 2. The van der Waals surface area contributed by atoms with Crippen LogP contribution in [0.3, 0.4) is 0 Å². The molecule has 0 atom stereocenters. The van der Waals surface area contributed by atoms with Crippen molar-refractivity contribution in [2.75, 3.05) is 16.7 Å². The third kappa shape index (κ3) is 3.10. The minimum atomic E-state index is -3.82. The molecule has 0 fully saturated rings. The molecule has 0 unspecified atom stereocenters. The summed E-state index contributed by atoms with van der Waals surface area (Å²) >= 11 is 5.97. The second-order valence-electron chi connectivity index (χ2n) is 6.48. The zero-order valence-corrected chi connectivity index (χ0v) is 16.5. The molecule has 2 aromatic carbocycles. The van der Waals surface area contributed by atoms with Crippen molar-refractivity contribution in [1.82, 2.24) is 0 Å². The Morgan fingerprint density at radius 1 is 1.12 bits per heavy atom. The molecule has 7 heteroatoms. The number of aryl methyl sites for hydroxylation is 1. The molecule has 5 nitrogen and oxygen atoms in total. The molecule has 1 aliphatic rings. The SMILES string of the molecule is CC(C)=C1C(=O)N(C)c2ccc(S(=O)(=O)Nc3cc(Cl)ccc3C)cc21. The summed E-state index contributed by atoms with van der Waals surface area (Å²) in [5.41, 5.74) is 3.90. The van der Waals surface area contributed by atoms with Gasteiger partial charge < -0.3 is 4.90 Å². The number of nitrogens with zero attached hydrogens (tertiary/aromatic N) is 1. The van der Waals surface area contributed by atoms with Gasteiger partial charge in [-0.3, -0.25) is 9.52 Å². The number of carbonyl (C=O) groups excluding carboxylic acids is 1. The summed E-state index contributed by atoms with van der Waals surface area (Å²) in [5.74, 6) is -0.131. The molecule has 0 aromatic heterocycles. The maximum absolute atomic E-state index is 12.8. The van der Waals surface area contributed by atoms with Crippen molar-refractivity contribution in [2.24, 2.45) is 0 Å². The summed E-state index contributed by atoms with van der Waals surface area (Å²) in [7, 11) is -2.14. The van der Waals surface area contributed by atoms with Crippen molar-refractivity contribution in [1.29, 1.82) is 0 Å². The lowest BCUT2D eigenvalue weighted by Crippen LogP contribution is -2.20. The first-order valence-corrected chi connectivity index (χ1v) is 9.87. The van der Waals surface area contributed by atoms with Crippen molar-refractivity contribution in [3.63, 3.8) is 0 Å². The minimum absolute atomic E-state index is 0.0949. The Hall–Kier alpha value is -2.31. The number of fused-ring (bicyclic) bond motifs is 1. The van der Waals surface area contributed by atoms with E-state index >= 15 is 0 Å². The molecule has 0 saturated heterocycles. The topological polar surface area (TPSA) is 66.5 Å². The van der Waals surface area contributed by atoms with Gasteiger partial charge in [0.1, 0.15) is 0 Å². The molecular weight excluding hydrogens is 372 g/mol. The molecule has 2 aromatic rings. The van der Waals surface area contributed by atoms with Crippen LogP contribution in [0.4, 0.5) is 11.4 Å². The highest BCUT2D eigenvalue weighted by atomic mass is 35.5. The first-order chi connectivity index (χ1) is 12.1. The lowest BCUT2D eigenvalue weighted by Gasteiger charge is -2.13. The summed E-state index contributed by atoms with van der Waals surface area (Å²) < 4.78 is 28.2. The molecule has 0 aliphatic carbocycles. The zero-order valence-electron chi connectivity index (χ0n) is 14.9. The Kier molecular flexibility index (Phi) is 4.58. The molecule has 0 spiro atoms. The van der Waals surface area contributed by atoms with Gasteiger partial charge in [-0.2, -0.15) is 0 Å². The largest absolute Gasteiger partial charge is 0.311 e. The standard InChI is InChI=1S/C19H19ClN2O3S/c1-11(2)18-15-10-14(7-8-17(15)22(4)19(18)23)26(24,25)21-16-9-13(20)6-5-12(16)3/h5-10,21H,1-4H3. The molecule has 0 bridgehead atoms. The van der Waals surface area contributed by atoms with Crippen LogP contribution in [0.2, 0.25) is 5.02 Å². The Morgan fingerprint density at radius 3 is 2.46 bits per heavy atom. The van der Waals surface area contributed by atoms with Gasteiger partial charge in [-0.25, -0.2) is 8.42 Å². The number of sulfonamides is 1. The summed E-state index contributed by atoms with van der Waals surface area (Å²) in [6.45, 7) is 5.47. The molecule has 3 rings (SSSR count). The summed E-state index contributed by atoms with van der Waals surface area (Å²) in [6.07, 6.45) is 0. The smallest absolute Gasteiger partial charge is 0.261 e. The second kappa shape index (κ2) is 6.45. The van der Waals surface area contributed by atoms with E-state index in [1.807, 2.05) is 13.8 Å². The summed E-state index contributed by atoms with van der Waals surface area (Å²) in [5, 5.41) is 0.446. The number of anilines is 2. The maximum Gasteiger partial charge on any atom is 0.261 e. The van der Waals surface area contributed by atoms with Gasteiger partial charge in [0.15, 0.2) is 0 Å². The number of hydrogen-bond donors (Lipinski definition) is 1. The summed E-state index contributed by atoms with van der Waals surface area (Å²) in [6, 6.07) is 9.72. The van der Waals surface area contributed by atoms with E-state index in [1.165, 1.54) is 11.0 Å². The average molecular weight is 391 g/mol. The molecule has 1 heterocycles. The molecule has 0 saturated carbocycles. The van der Waals surface area contributed by atoms with E-state index in [1.54, 1.807) is 44.3 Å². The number of amides is 1. The molecular formula is C19H19ClN2O3S. The highest BCUT2D eigenvalue weighted by Gasteiger charge is 2.32. The summed E-state index contributed by atoms with van der Waals surface area (Å²) in [4.78, 5) is 14.1. The number of rotatable bonds is 3. The van der Waals surface area contributed by atoms with Gasteiger partial charge in [0.25, 0.3) is 15.9 Å². The van der Waals surface area contributed by atoms with E-state index in [4.69, 9.17) is 11.6 Å². The Labute approximate surface area is 158 Å². The number of carbonyl (C=O) groups is 1. The van der Waals surface area contributed by atoms with E-state index in [-0.39, 0.29) is 10.8 Å². The number of nitrogens with one attached hydrogen (secondary N) is 1. The quantitative estimate of drug-likeness (QED) is 0.798. The Morgan fingerprint density at radius 2 is 1.81 bits per heavy atom. The van der Waals surface area contributed by atoms with E-state index in [9.17, 15) is 13.2 Å². The fourth-order valence-electron chi connectivity index (χ4n) is 2.96. The van der Waals surface area contributed by atoms with Crippen molar-refractivity contribution in [2.45, 2.75) is 25.7 Å². The number of allylic oxidation sites excluding steroid dienone is 1. The van der Waals surface area contributed by atoms with Gasteiger partial charge in [-0.1, -0.05) is 23.2 Å². The molecule has 136 valence electrons. The van der Waals surface area contributed by atoms with Crippen molar-refractivity contribution >= 4 is 44.5 Å². The highest BCUT2D eigenvalue weighted by molar-refractivity contribution is 7.92. The predicted molar refractivity (Wildman–Crippen MR) is 105 cm³/mol. The van der Waals surface area contributed by atoms with E-state index in [0.29, 0.717) is 27.5 Å². The fraction of sp³-hybridized carbons (Fsp3) is 0.211. The highest BCUT2D eigenvalue weighted by Crippen LogP contribution is 2.39. The van der Waals surface area contributed by atoms with Crippen molar-refractivity contribution in [3.05, 3.63) is 58.1 Å². The predicted octanol–water partition coefficient (Wildman–Crippen LogP) is 4.22. The van der Waals surface area contributed by atoms with Gasteiger partial charge in [-0.05, 0) is 56.7 Å². The van der Waals surface area contributed by atoms with Gasteiger partial charge in [0.2, 0.25) is 0 Å². The van der Waals surface area contributed by atoms with Crippen LogP contribution in [0, 0.1) is 6.92 Å². The van der Waals surface area contributed by atoms with Crippen LogP contribution < -0.4 is 9.62 Å². The maximum atomic E-state index is 12.8. The van der Waals surface area contributed by atoms with Crippen molar-refractivity contribution in [3.8, 4) is 0 Å². The van der Waals surface area contributed by atoms with Crippen LogP contribution in [0.1, 0.15) is 25.0 Å². The molecule has 1 N–H and O–H groups in total.